The molecule has 1 amide bonds. The Kier molecular flexibility index (Phi) is 5.92. The molecule has 0 bridgehead atoms. The SMILES string of the molecule is Cc1ccc(Cn2nc(C)c(/C=C/C(=O)N3CCCCCC3)c2C)cc1. The monoisotopic (exact) mass is 351 g/mol. The molecule has 1 aromatic carbocycles. The zero-order valence-electron chi connectivity index (χ0n) is 16.2. The van der Waals surface area contributed by atoms with Crippen LogP contribution in [0.15, 0.2) is 30.3 Å². The first-order chi connectivity index (χ1) is 12.5. The highest BCUT2D eigenvalue weighted by Gasteiger charge is 2.14. The minimum atomic E-state index is 0.122. The zero-order valence-corrected chi connectivity index (χ0v) is 16.2. The normalized spacial score (nSPS) is 15.4. The lowest BCUT2D eigenvalue weighted by Gasteiger charge is -2.17. The highest BCUT2D eigenvalue weighted by atomic mass is 16.2. The molecule has 0 spiro atoms. The van der Waals surface area contributed by atoms with Gasteiger partial charge >= 0.3 is 0 Å². The fraction of sp³-hybridized carbons (Fsp3) is 0.455. The van der Waals surface area contributed by atoms with E-state index < -0.39 is 0 Å². The summed E-state index contributed by atoms with van der Waals surface area (Å²) in [5.41, 5.74) is 5.62. The Hall–Kier alpha value is -2.36. The molecule has 0 unspecified atom stereocenters. The van der Waals surface area contributed by atoms with Crippen molar-refractivity contribution >= 4 is 12.0 Å². The van der Waals surface area contributed by atoms with Crippen molar-refractivity contribution in [2.45, 2.75) is 53.0 Å². The van der Waals surface area contributed by atoms with Crippen LogP contribution in [-0.2, 0) is 11.3 Å². The highest BCUT2D eigenvalue weighted by molar-refractivity contribution is 5.92. The Morgan fingerprint density at radius 1 is 1.04 bits per heavy atom. The number of aryl methyl sites for hydroxylation is 2. The maximum absolute atomic E-state index is 12.5. The number of nitrogens with zero attached hydrogens (tertiary/aromatic N) is 3. The standard InChI is InChI=1S/C22H29N3O/c1-17-8-10-20(11-9-17)16-25-19(3)21(18(2)23-25)12-13-22(26)24-14-6-4-5-7-15-24/h8-13H,4-7,14-16H2,1-3H3/b13-12+. The Morgan fingerprint density at radius 3 is 2.35 bits per heavy atom. The first kappa shape index (κ1) is 18.4. The molecule has 1 fully saturated rings. The summed E-state index contributed by atoms with van der Waals surface area (Å²) >= 11 is 0. The summed E-state index contributed by atoms with van der Waals surface area (Å²) in [6.07, 6.45) is 8.36. The van der Waals surface area contributed by atoms with Crippen molar-refractivity contribution in [1.82, 2.24) is 14.7 Å². The molecule has 3 rings (SSSR count). The van der Waals surface area contributed by atoms with Crippen LogP contribution in [-0.4, -0.2) is 33.7 Å². The van der Waals surface area contributed by atoms with E-state index in [0.29, 0.717) is 0 Å². The first-order valence-corrected chi connectivity index (χ1v) is 9.61. The summed E-state index contributed by atoms with van der Waals surface area (Å²) in [6.45, 7) is 8.69. The third-order valence-corrected chi connectivity index (χ3v) is 5.20. The number of benzene rings is 1. The molecule has 1 aromatic heterocycles. The van der Waals surface area contributed by atoms with E-state index in [-0.39, 0.29) is 5.91 Å². The molecule has 2 aromatic rings. The van der Waals surface area contributed by atoms with Gasteiger partial charge in [0.25, 0.3) is 0 Å². The molecule has 4 nitrogen and oxygen atoms in total. The third kappa shape index (κ3) is 4.43. The van der Waals surface area contributed by atoms with Crippen LogP contribution in [0.5, 0.6) is 0 Å². The maximum atomic E-state index is 12.5. The van der Waals surface area contributed by atoms with E-state index in [1.807, 2.05) is 22.6 Å². The van der Waals surface area contributed by atoms with Crippen LogP contribution in [0.4, 0.5) is 0 Å². The van der Waals surface area contributed by atoms with Crippen LogP contribution in [0.1, 0.15) is 53.8 Å². The molecular weight excluding hydrogens is 322 g/mol. The van der Waals surface area contributed by atoms with Gasteiger partial charge in [-0.05, 0) is 45.3 Å². The Bertz CT molecular complexity index is 778. The number of carbonyl (C=O) groups is 1. The molecule has 0 aliphatic carbocycles. The van der Waals surface area contributed by atoms with Gasteiger partial charge in [-0.25, -0.2) is 0 Å². The lowest BCUT2D eigenvalue weighted by atomic mass is 10.1. The second-order valence-electron chi connectivity index (χ2n) is 7.30. The number of aromatic nitrogens is 2. The number of rotatable bonds is 4. The number of amides is 1. The number of hydrogen-bond acceptors (Lipinski definition) is 2. The van der Waals surface area contributed by atoms with Crippen molar-refractivity contribution in [3.63, 3.8) is 0 Å². The zero-order chi connectivity index (χ0) is 18.5. The molecule has 0 N–H and O–H groups in total. The molecule has 26 heavy (non-hydrogen) atoms. The van der Waals surface area contributed by atoms with Gasteiger partial charge < -0.3 is 4.90 Å². The summed E-state index contributed by atoms with van der Waals surface area (Å²) in [5.74, 6) is 0.122. The van der Waals surface area contributed by atoms with Gasteiger partial charge in [0.1, 0.15) is 0 Å². The molecule has 0 saturated carbocycles. The molecule has 1 aliphatic rings. The minimum absolute atomic E-state index is 0.122. The van der Waals surface area contributed by atoms with E-state index in [1.165, 1.54) is 24.0 Å². The van der Waals surface area contributed by atoms with E-state index in [2.05, 4.69) is 43.2 Å². The van der Waals surface area contributed by atoms with Gasteiger partial charge in [0.15, 0.2) is 0 Å². The molecule has 138 valence electrons. The van der Waals surface area contributed by atoms with Crippen molar-refractivity contribution in [3.05, 3.63) is 58.4 Å². The third-order valence-electron chi connectivity index (χ3n) is 5.20. The molecule has 4 heteroatoms. The topological polar surface area (TPSA) is 38.1 Å². The van der Waals surface area contributed by atoms with E-state index in [0.717, 1.165) is 49.4 Å². The number of likely N-dealkylation sites (tertiary alicyclic amines) is 1. The van der Waals surface area contributed by atoms with Crippen LogP contribution in [0.25, 0.3) is 6.08 Å². The Labute approximate surface area is 156 Å². The maximum Gasteiger partial charge on any atom is 0.246 e. The van der Waals surface area contributed by atoms with Crippen molar-refractivity contribution < 1.29 is 4.79 Å². The van der Waals surface area contributed by atoms with Crippen molar-refractivity contribution in [2.75, 3.05) is 13.1 Å². The van der Waals surface area contributed by atoms with Gasteiger partial charge in [-0.1, -0.05) is 42.7 Å². The fourth-order valence-corrected chi connectivity index (χ4v) is 3.52. The van der Waals surface area contributed by atoms with Gasteiger partial charge in [-0.15, -0.1) is 0 Å². The summed E-state index contributed by atoms with van der Waals surface area (Å²) in [7, 11) is 0. The van der Waals surface area contributed by atoms with Crippen molar-refractivity contribution in [1.29, 1.82) is 0 Å². The number of carbonyl (C=O) groups excluding carboxylic acids is 1. The minimum Gasteiger partial charge on any atom is -0.339 e. The van der Waals surface area contributed by atoms with Crippen LogP contribution in [0.3, 0.4) is 0 Å². The van der Waals surface area contributed by atoms with Gasteiger partial charge in [-0.2, -0.15) is 5.10 Å². The summed E-state index contributed by atoms with van der Waals surface area (Å²) in [6, 6.07) is 8.54. The molecule has 1 aliphatic heterocycles. The van der Waals surface area contributed by atoms with Crippen LogP contribution < -0.4 is 0 Å². The Balaban J connectivity index is 1.72. The lowest BCUT2D eigenvalue weighted by Crippen LogP contribution is -2.30. The fourth-order valence-electron chi connectivity index (χ4n) is 3.52. The largest absolute Gasteiger partial charge is 0.339 e. The summed E-state index contributed by atoms with van der Waals surface area (Å²) < 4.78 is 2.02. The second-order valence-corrected chi connectivity index (χ2v) is 7.30. The average molecular weight is 351 g/mol. The Morgan fingerprint density at radius 2 is 1.69 bits per heavy atom. The summed E-state index contributed by atoms with van der Waals surface area (Å²) in [5, 5.41) is 4.67. The van der Waals surface area contributed by atoms with Gasteiger partial charge in [-0.3, -0.25) is 9.48 Å². The lowest BCUT2D eigenvalue weighted by molar-refractivity contribution is -0.125. The van der Waals surface area contributed by atoms with Crippen LogP contribution in [0.2, 0.25) is 0 Å². The average Bonchev–Trinajstić information content (AvgIpc) is 2.83. The molecule has 2 heterocycles. The first-order valence-electron chi connectivity index (χ1n) is 9.61. The molecule has 1 saturated heterocycles. The van der Waals surface area contributed by atoms with E-state index in [1.54, 1.807) is 6.08 Å². The van der Waals surface area contributed by atoms with Crippen molar-refractivity contribution in [3.8, 4) is 0 Å². The molecule has 0 radical (unpaired) electrons. The predicted octanol–water partition coefficient (Wildman–Crippen LogP) is 4.27. The number of hydrogen-bond donors (Lipinski definition) is 0. The smallest absolute Gasteiger partial charge is 0.246 e. The second kappa shape index (κ2) is 8.35. The highest BCUT2D eigenvalue weighted by Crippen LogP contribution is 2.17. The van der Waals surface area contributed by atoms with Gasteiger partial charge in [0.2, 0.25) is 5.91 Å². The van der Waals surface area contributed by atoms with E-state index >= 15 is 0 Å². The van der Waals surface area contributed by atoms with Crippen LogP contribution in [0, 0.1) is 20.8 Å². The predicted molar refractivity (Wildman–Crippen MR) is 106 cm³/mol. The van der Waals surface area contributed by atoms with E-state index in [4.69, 9.17) is 0 Å². The molecule has 0 atom stereocenters. The quantitative estimate of drug-likeness (QED) is 0.772. The van der Waals surface area contributed by atoms with Crippen LogP contribution >= 0.6 is 0 Å². The molecular formula is C22H29N3O. The van der Waals surface area contributed by atoms with Gasteiger partial charge in [0.05, 0.1) is 12.2 Å². The van der Waals surface area contributed by atoms with Crippen molar-refractivity contribution in [2.24, 2.45) is 0 Å². The van der Waals surface area contributed by atoms with E-state index in [9.17, 15) is 4.79 Å². The summed E-state index contributed by atoms with van der Waals surface area (Å²) in [4.78, 5) is 14.5. The van der Waals surface area contributed by atoms with Gasteiger partial charge in [0, 0.05) is 30.4 Å².